The molecule has 0 atom stereocenters. The highest BCUT2D eigenvalue weighted by Crippen LogP contribution is 2.36. The molecule has 2 rings (SSSR count). The Morgan fingerprint density at radius 1 is 1.38 bits per heavy atom. The molecule has 3 nitrogen and oxygen atoms in total. The molecule has 0 aromatic carbocycles. The van der Waals surface area contributed by atoms with Gasteiger partial charge in [0, 0.05) is 6.04 Å². The zero-order chi connectivity index (χ0) is 11.6. The van der Waals surface area contributed by atoms with E-state index in [0.717, 1.165) is 5.82 Å². The molecule has 0 unspecified atom stereocenters. The molecule has 0 saturated heterocycles. The van der Waals surface area contributed by atoms with E-state index in [2.05, 4.69) is 29.1 Å². The Morgan fingerprint density at radius 3 is 2.69 bits per heavy atom. The number of rotatable bonds is 2. The molecule has 1 N–H and O–H groups in total. The summed E-state index contributed by atoms with van der Waals surface area (Å²) >= 11 is 6.01. The van der Waals surface area contributed by atoms with E-state index in [9.17, 15) is 0 Å². The summed E-state index contributed by atoms with van der Waals surface area (Å²) in [6.07, 6.45) is 8.05. The van der Waals surface area contributed by atoms with E-state index >= 15 is 0 Å². The fourth-order valence-corrected chi connectivity index (χ4v) is 2.32. The van der Waals surface area contributed by atoms with Crippen LogP contribution in [0.4, 0.5) is 5.82 Å². The molecule has 88 valence electrons. The fraction of sp³-hybridized carbons (Fsp3) is 0.667. The zero-order valence-corrected chi connectivity index (χ0v) is 10.6. The van der Waals surface area contributed by atoms with Gasteiger partial charge in [-0.3, -0.25) is 0 Å². The standard InChI is InChI=1S/C12H18ClN3/c1-12(2)5-3-9(4-6-12)16-11-10(13)7-14-8-15-11/h7-9H,3-6H2,1-2H3,(H,14,15,16). The number of hydrogen-bond donors (Lipinski definition) is 1. The molecular formula is C12H18ClN3. The van der Waals surface area contributed by atoms with Gasteiger partial charge in [-0.05, 0) is 31.1 Å². The Morgan fingerprint density at radius 2 is 2.06 bits per heavy atom. The molecule has 0 amide bonds. The highest BCUT2D eigenvalue weighted by molar-refractivity contribution is 6.32. The lowest BCUT2D eigenvalue weighted by Gasteiger charge is -2.34. The van der Waals surface area contributed by atoms with Crippen molar-refractivity contribution in [2.45, 2.75) is 45.6 Å². The maximum absolute atomic E-state index is 6.01. The Balaban J connectivity index is 1.95. The summed E-state index contributed by atoms with van der Waals surface area (Å²) in [5.41, 5.74) is 0.494. The Labute approximate surface area is 102 Å². The average molecular weight is 240 g/mol. The first-order chi connectivity index (χ1) is 7.57. The average Bonchev–Trinajstić information content (AvgIpc) is 2.24. The predicted octanol–water partition coefficient (Wildman–Crippen LogP) is 3.51. The van der Waals surface area contributed by atoms with E-state index in [-0.39, 0.29) is 0 Å². The van der Waals surface area contributed by atoms with Crippen LogP contribution in [-0.2, 0) is 0 Å². The van der Waals surface area contributed by atoms with Gasteiger partial charge < -0.3 is 5.32 Å². The largest absolute Gasteiger partial charge is 0.366 e. The second-order valence-electron chi connectivity index (χ2n) is 5.30. The second kappa shape index (κ2) is 4.58. The van der Waals surface area contributed by atoms with Crippen molar-refractivity contribution in [2.75, 3.05) is 5.32 Å². The van der Waals surface area contributed by atoms with Crippen LogP contribution in [0, 0.1) is 5.41 Å². The topological polar surface area (TPSA) is 37.8 Å². The second-order valence-corrected chi connectivity index (χ2v) is 5.71. The van der Waals surface area contributed by atoms with Crippen LogP contribution >= 0.6 is 11.6 Å². The van der Waals surface area contributed by atoms with Crippen molar-refractivity contribution < 1.29 is 0 Å². The lowest BCUT2D eigenvalue weighted by molar-refractivity contribution is 0.232. The van der Waals surface area contributed by atoms with E-state index in [4.69, 9.17) is 11.6 Å². The minimum Gasteiger partial charge on any atom is -0.366 e. The lowest BCUT2D eigenvalue weighted by Crippen LogP contribution is -2.30. The van der Waals surface area contributed by atoms with E-state index < -0.39 is 0 Å². The van der Waals surface area contributed by atoms with E-state index in [1.807, 2.05) is 0 Å². The first-order valence-electron chi connectivity index (χ1n) is 5.79. The van der Waals surface area contributed by atoms with Gasteiger partial charge in [0.1, 0.15) is 17.2 Å². The number of nitrogens with one attached hydrogen (secondary N) is 1. The number of halogens is 1. The van der Waals surface area contributed by atoms with Gasteiger partial charge in [0.15, 0.2) is 0 Å². The van der Waals surface area contributed by atoms with Crippen molar-refractivity contribution >= 4 is 17.4 Å². The fourth-order valence-electron chi connectivity index (χ4n) is 2.16. The van der Waals surface area contributed by atoms with Crippen LogP contribution in [-0.4, -0.2) is 16.0 Å². The molecule has 0 aliphatic heterocycles. The number of aromatic nitrogens is 2. The minimum absolute atomic E-state index is 0.494. The molecule has 1 fully saturated rings. The third-order valence-corrected chi connectivity index (χ3v) is 3.62. The normalized spacial score (nSPS) is 20.7. The Kier molecular flexibility index (Phi) is 3.33. The van der Waals surface area contributed by atoms with Gasteiger partial charge in [0.25, 0.3) is 0 Å². The van der Waals surface area contributed by atoms with Gasteiger partial charge in [0.05, 0.1) is 6.20 Å². The highest BCUT2D eigenvalue weighted by atomic mass is 35.5. The molecule has 1 aromatic rings. The van der Waals surface area contributed by atoms with Crippen LogP contribution in [0.15, 0.2) is 12.5 Å². The summed E-state index contributed by atoms with van der Waals surface area (Å²) in [5, 5.41) is 4.01. The molecule has 0 radical (unpaired) electrons. The van der Waals surface area contributed by atoms with E-state index in [1.54, 1.807) is 6.20 Å². The predicted molar refractivity (Wildman–Crippen MR) is 66.7 cm³/mol. The molecule has 1 aliphatic carbocycles. The molecule has 1 saturated carbocycles. The van der Waals surface area contributed by atoms with Crippen LogP contribution in [0.1, 0.15) is 39.5 Å². The number of anilines is 1. The first-order valence-corrected chi connectivity index (χ1v) is 6.17. The van der Waals surface area contributed by atoms with E-state index in [0.29, 0.717) is 16.5 Å². The summed E-state index contributed by atoms with van der Waals surface area (Å²) in [6, 6.07) is 0.500. The minimum atomic E-state index is 0.494. The monoisotopic (exact) mass is 239 g/mol. The molecule has 4 heteroatoms. The summed E-state index contributed by atoms with van der Waals surface area (Å²) < 4.78 is 0. The molecular weight excluding hydrogens is 222 g/mol. The summed E-state index contributed by atoms with van der Waals surface area (Å²) in [6.45, 7) is 4.67. The van der Waals surface area contributed by atoms with Gasteiger partial charge in [-0.15, -0.1) is 0 Å². The maximum Gasteiger partial charge on any atom is 0.148 e. The van der Waals surface area contributed by atoms with Crippen molar-refractivity contribution in [3.63, 3.8) is 0 Å². The molecule has 0 bridgehead atoms. The van der Waals surface area contributed by atoms with Crippen LogP contribution in [0.3, 0.4) is 0 Å². The Bertz CT molecular complexity index is 355. The lowest BCUT2D eigenvalue weighted by atomic mass is 9.75. The van der Waals surface area contributed by atoms with Crippen molar-refractivity contribution in [2.24, 2.45) is 5.41 Å². The quantitative estimate of drug-likeness (QED) is 0.858. The van der Waals surface area contributed by atoms with Crippen LogP contribution in [0.2, 0.25) is 5.02 Å². The molecule has 16 heavy (non-hydrogen) atoms. The van der Waals surface area contributed by atoms with Crippen molar-refractivity contribution in [1.29, 1.82) is 0 Å². The maximum atomic E-state index is 6.01. The third-order valence-electron chi connectivity index (χ3n) is 3.35. The zero-order valence-electron chi connectivity index (χ0n) is 9.83. The highest BCUT2D eigenvalue weighted by Gasteiger charge is 2.27. The summed E-state index contributed by atoms with van der Waals surface area (Å²) in [5.74, 6) is 0.765. The van der Waals surface area contributed by atoms with Gasteiger partial charge in [0.2, 0.25) is 0 Å². The van der Waals surface area contributed by atoms with Crippen molar-refractivity contribution in [3.05, 3.63) is 17.5 Å². The molecule has 1 aliphatic rings. The third kappa shape index (κ3) is 2.85. The first kappa shape index (κ1) is 11.6. The summed E-state index contributed by atoms with van der Waals surface area (Å²) in [4.78, 5) is 8.03. The molecule has 1 aromatic heterocycles. The number of nitrogens with zero attached hydrogens (tertiary/aromatic N) is 2. The SMILES string of the molecule is CC1(C)CCC(Nc2ncncc2Cl)CC1. The van der Waals surface area contributed by atoms with Crippen molar-refractivity contribution in [1.82, 2.24) is 9.97 Å². The van der Waals surface area contributed by atoms with Gasteiger partial charge >= 0.3 is 0 Å². The number of hydrogen-bond acceptors (Lipinski definition) is 3. The summed E-state index contributed by atoms with van der Waals surface area (Å²) in [7, 11) is 0. The molecule has 0 spiro atoms. The van der Waals surface area contributed by atoms with Crippen molar-refractivity contribution in [3.8, 4) is 0 Å². The van der Waals surface area contributed by atoms with Gasteiger partial charge in [-0.25, -0.2) is 9.97 Å². The van der Waals surface area contributed by atoms with Crippen LogP contribution < -0.4 is 5.32 Å². The smallest absolute Gasteiger partial charge is 0.148 e. The van der Waals surface area contributed by atoms with Crippen LogP contribution in [0.5, 0.6) is 0 Å². The van der Waals surface area contributed by atoms with Crippen LogP contribution in [0.25, 0.3) is 0 Å². The van der Waals surface area contributed by atoms with Gasteiger partial charge in [-0.2, -0.15) is 0 Å². The molecule has 1 heterocycles. The van der Waals surface area contributed by atoms with E-state index in [1.165, 1.54) is 32.0 Å². The van der Waals surface area contributed by atoms with Gasteiger partial charge in [-0.1, -0.05) is 25.4 Å². The Hall–Kier alpha value is -0.830.